The van der Waals surface area contributed by atoms with Gasteiger partial charge < -0.3 is 5.73 Å². The van der Waals surface area contributed by atoms with E-state index in [0.717, 1.165) is 31.4 Å². The van der Waals surface area contributed by atoms with Gasteiger partial charge in [0.25, 0.3) is 0 Å². The maximum atomic E-state index is 10.7. The molecule has 0 aliphatic carbocycles. The topological polar surface area (TPSA) is 75.4 Å². The van der Waals surface area contributed by atoms with E-state index in [1.54, 1.807) is 5.48 Å². The standard InChI is InChI=1S/C12H18N2O2/c13-11-8-6-10(7-9-11)4-2-1-3-5-12(15)14-16/h6-9,16H,1-5,13H2,(H,14,15). The van der Waals surface area contributed by atoms with E-state index in [-0.39, 0.29) is 5.91 Å². The van der Waals surface area contributed by atoms with Crippen LogP contribution in [-0.4, -0.2) is 11.1 Å². The van der Waals surface area contributed by atoms with Gasteiger partial charge in [-0.25, -0.2) is 5.48 Å². The van der Waals surface area contributed by atoms with Crippen molar-refractivity contribution in [3.05, 3.63) is 29.8 Å². The third-order valence-electron chi connectivity index (χ3n) is 2.47. The summed E-state index contributed by atoms with van der Waals surface area (Å²) < 4.78 is 0. The predicted octanol–water partition coefficient (Wildman–Crippen LogP) is 1.88. The summed E-state index contributed by atoms with van der Waals surface area (Å²) in [6, 6.07) is 7.84. The molecule has 1 rings (SSSR count). The molecule has 0 spiro atoms. The number of anilines is 1. The van der Waals surface area contributed by atoms with Gasteiger partial charge in [-0.2, -0.15) is 0 Å². The van der Waals surface area contributed by atoms with Crippen LogP contribution in [0.15, 0.2) is 24.3 Å². The van der Waals surface area contributed by atoms with Crippen molar-refractivity contribution < 1.29 is 10.0 Å². The summed E-state index contributed by atoms with van der Waals surface area (Å²) >= 11 is 0. The van der Waals surface area contributed by atoms with Crippen LogP contribution in [-0.2, 0) is 11.2 Å². The normalized spacial score (nSPS) is 10.1. The van der Waals surface area contributed by atoms with E-state index in [2.05, 4.69) is 0 Å². The first kappa shape index (κ1) is 12.5. The Kier molecular flexibility index (Phi) is 5.36. The minimum absolute atomic E-state index is 0.313. The Balaban J connectivity index is 2.11. The van der Waals surface area contributed by atoms with Crippen molar-refractivity contribution in [2.75, 3.05) is 5.73 Å². The molecule has 4 heteroatoms. The van der Waals surface area contributed by atoms with E-state index < -0.39 is 0 Å². The zero-order valence-corrected chi connectivity index (χ0v) is 9.28. The van der Waals surface area contributed by atoms with E-state index in [1.165, 1.54) is 5.56 Å². The van der Waals surface area contributed by atoms with Crippen molar-refractivity contribution >= 4 is 11.6 Å². The zero-order chi connectivity index (χ0) is 11.8. The maximum absolute atomic E-state index is 10.7. The van der Waals surface area contributed by atoms with Crippen molar-refractivity contribution in [3.63, 3.8) is 0 Å². The van der Waals surface area contributed by atoms with Gasteiger partial charge in [0.05, 0.1) is 0 Å². The summed E-state index contributed by atoms with van der Waals surface area (Å²) in [5, 5.41) is 8.28. The number of nitrogen functional groups attached to an aromatic ring is 1. The van der Waals surface area contributed by atoms with E-state index in [4.69, 9.17) is 10.9 Å². The van der Waals surface area contributed by atoms with Crippen LogP contribution in [0.25, 0.3) is 0 Å². The molecular formula is C12H18N2O2. The molecule has 0 aliphatic heterocycles. The van der Waals surface area contributed by atoms with Crippen molar-refractivity contribution in [2.45, 2.75) is 32.1 Å². The molecule has 0 aliphatic rings. The van der Waals surface area contributed by atoms with Crippen molar-refractivity contribution in [3.8, 4) is 0 Å². The number of nitrogens with one attached hydrogen (secondary N) is 1. The molecule has 88 valence electrons. The Labute approximate surface area is 95.4 Å². The molecule has 0 radical (unpaired) electrons. The monoisotopic (exact) mass is 222 g/mol. The van der Waals surface area contributed by atoms with Crippen LogP contribution in [0, 0.1) is 0 Å². The molecule has 1 aromatic rings. The van der Waals surface area contributed by atoms with Gasteiger partial charge in [-0.15, -0.1) is 0 Å². The summed E-state index contributed by atoms with van der Waals surface area (Å²) in [7, 11) is 0. The third-order valence-corrected chi connectivity index (χ3v) is 2.47. The van der Waals surface area contributed by atoms with Gasteiger partial charge >= 0.3 is 0 Å². The zero-order valence-electron chi connectivity index (χ0n) is 9.28. The summed E-state index contributed by atoms with van der Waals surface area (Å²) in [6.45, 7) is 0. The summed E-state index contributed by atoms with van der Waals surface area (Å²) in [6.07, 6.45) is 4.22. The molecule has 16 heavy (non-hydrogen) atoms. The van der Waals surface area contributed by atoms with Gasteiger partial charge in [0.15, 0.2) is 0 Å². The number of unbranched alkanes of at least 4 members (excludes halogenated alkanes) is 2. The average molecular weight is 222 g/mol. The summed E-state index contributed by atoms with van der Waals surface area (Å²) in [5.41, 5.74) is 9.26. The fourth-order valence-corrected chi connectivity index (χ4v) is 1.53. The fourth-order valence-electron chi connectivity index (χ4n) is 1.53. The van der Waals surface area contributed by atoms with E-state index in [0.29, 0.717) is 6.42 Å². The second-order valence-corrected chi connectivity index (χ2v) is 3.84. The molecule has 0 atom stereocenters. The van der Waals surface area contributed by atoms with Gasteiger partial charge in [-0.1, -0.05) is 18.6 Å². The summed E-state index contributed by atoms with van der Waals surface area (Å²) in [4.78, 5) is 10.7. The van der Waals surface area contributed by atoms with Crippen LogP contribution >= 0.6 is 0 Å². The lowest BCUT2D eigenvalue weighted by Crippen LogP contribution is -2.17. The Morgan fingerprint density at radius 3 is 2.50 bits per heavy atom. The van der Waals surface area contributed by atoms with E-state index in [1.807, 2.05) is 24.3 Å². The Morgan fingerprint density at radius 2 is 1.88 bits per heavy atom. The Morgan fingerprint density at radius 1 is 1.19 bits per heavy atom. The van der Waals surface area contributed by atoms with E-state index >= 15 is 0 Å². The minimum Gasteiger partial charge on any atom is -0.399 e. The molecule has 0 unspecified atom stereocenters. The number of amides is 1. The third kappa shape index (κ3) is 4.79. The SMILES string of the molecule is Nc1ccc(CCCCCC(=O)NO)cc1. The van der Waals surface area contributed by atoms with Crippen molar-refractivity contribution in [1.82, 2.24) is 5.48 Å². The first-order valence-corrected chi connectivity index (χ1v) is 5.49. The lowest BCUT2D eigenvalue weighted by atomic mass is 10.1. The number of hydrogen-bond donors (Lipinski definition) is 3. The smallest absolute Gasteiger partial charge is 0.243 e. The summed E-state index contributed by atoms with van der Waals surface area (Å²) in [5.74, 6) is -0.313. The van der Waals surface area contributed by atoms with Crippen LogP contribution in [0.2, 0.25) is 0 Å². The molecule has 0 aromatic heterocycles. The van der Waals surface area contributed by atoms with Crippen LogP contribution in [0.1, 0.15) is 31.2 Å². The first-order chi connectivity index (χ1) is 7.72. The molecular weight excluding hydrogens is 204 g/mol. The fraction of sp³-hybridized carbons (Fsp3) is 0.417. The number of hydroxylamine groups is 1. The quantitative estimate of drug-likeness (QED) is 0.298. The van der Waals surface area contributed by atoms with Gasteiger partial charge in [0.2, 0.25) is 5.91 Å². The van der Waals surface area contributed by atoms with Crippen LogP contribution in [0.4, 0.5) is 5.69 Å². The second-order valence-electron chi connectivity index (χ2n) is 3.84. The Bertz CT molecular complexity index is 322. The molecule has 1 aromatic carbocycles. The highest BCUT2D eigenvalue weighted by Crippen LogP contribution is 2.10. The number of hydrogen-bond acceptors (Lipinski definition) is 3. The maximum Gasteiger partial charge on any atom is 0.243 e. The molecule has 0 bridgehead atoms. The molecule has 0 heterocycles. The van der Waals surface area contributed by atoms with Gasteiger partial charge in [-0.05, 0) is 37.0 Å². The Hall–Kier alpha value is -1.55. The number of carbonyl (C=O) groups excluding carboxylic acids is 1. The van der Waals surface area contributed by atoms with Crippen molar-refractivity contribution in [1.29, 1.82) is 0 Å². The molecule has 1 amide bonds. The highest BCUT2D eigenvalue weighted by Gasteiger charge is 1.98. The van der Waals surface area contributed by atoms with E-state index in [9.17, 15) is 4.79 Å². The highest BCUT2D eigenvalue weighted by molar-refractivity contribution is 5.74. The molecule has 0 saturated heterocycles. The number of nitrogens with two attached hydrogens (primary N) is 1. The van der Waals surface area contributed by atoms with Crippen LogP contribution in [0.3, 0.4) is 0 Å². The molecule has 0 fully saturated rings. The lowest BCUT2D eigenvalue weighted by Gasteiger charge is -2.02. The van der Waals surface area contributed by atoms with Gasteiger partial charge in [0.1, 0.15) is 0 Å². The van der Waals surface area contributed by atoms with Crippen LogP contribution in [0.5, 0.6) is 0 Å². The molecule has 4 N–H and O–H groups in total. The van der Waals surface area contributed by atoms with Crippen LogP contribution < -0.4 is 11.2 Å². The largest absolute Gasteiger partial charge is 0.399 e. The molecule has 4 nitrogen and oxygen atoms in total. The van der Waals surface area contributed by atoms with Gasteiger partial charge in [0, 0.05) is 12.1 Å². The van der Waals surface area contributed by atoms with Crippen molar-refractivity contribution in [2.24, 2.45) is 0 Å². The lowest BCUT2D eigenvalue weighted by molar-refractivity contribution is -0.129. The number of benzene rings is 1. The first-order valence-electron chi connectivity index (χ1n) is 5.49. The number of rotatable bonds is 6. The number of aryl methyl sites for hydroxylation is 1. The minimum atomic E-state index is -0.313. The second kappa shape index (κ2) is 6.85. The van der Waals surface area contributed by atoms with Gasteiger partial charge in [-0.3, -0.25) is 10.0 Å². The average Bonchev–Trinajstić information content (AvgIpc) is 2.31. The predicted molar refractivity (Wildman–Crippen MR) is 63.0 cm³/mol. The molecule has 0 saturated carbocycles. The number of carbonyl (C=O) groups is 1. The highest BCUT2D eigenvalue weighted by atomic mass is 16.5.